The number of nitrogens with one attached hydrogen (secondary N) is 1. The Balaban J connectivity index is 1.53. The van der Waals surface area contributed by atoms with E-state index in [-0.39, 0.29) is 11.3 Å². The molecule has 1 fully saturated rings. The zero-order valence-corrected chi connectivity index (χ0v) is 17.9. The predicted molar refractivity (Wildman–Crippen MR) is 118 cm³/mol. The number of nitrogens with zero attached hydrogens (tertiary/aromatic N) is 2. The lowest BCUT2D eigenvalue weighted by Crippen LogP contribution is -2.42. The van der Waals surface area contributed by atoms with Gasteiger partial charge in [-0.1, -0.05) is 49.1 Å². The van der Waals surface area contributed by atoms with Crippen LogP contribution in [0.5, 0.6) is 0 Å². The van der Waals surface area contributed by atoms with Gasteiger partial charge >= 0.3 is 0 Å². The number of thiazole rings is 1. The van der Waals surface area contributed by atoms with Crippen LogP contribution in [-0.2, 0) is 5.41 Å². The number of carbonyl (C=O) groups is 1. The first-order valence-electron chi connectivity index (χ1n) is 10.3. The molecule has 0 atom stereocenters. The first-order valence-corrected chi connectivity index (χ1v) is 11.1. The molecule has 1 N–H and O–H groups in total. The first-order chi connectivity index (χ1) is 14.1. The molecule has 1 saturated carbocycles. The lowest BCUT2D eigenvalue weighted by Gasteiger charge is -2.38. The van der Waals surface area contributed by atoms with Crippen LogP contribution in [0.3, 0.4) is 0 Å². The van der Waals surface area contributed by atoms with Crippen molar-refractivity contribution >= 4 is 17.2 Å². The van der Waals surface area contributed by atoms with Crippen LogP contribution < -0.4 is 5.32 Å². The number of benzene rings is 1. The zero-order chi connectivity index (χ0) is 20.3. The van der Waals surface area contributed by atoms with Crippen LogP contribution in [0.25, 0.3) is 10.6 Å². The summed E-state index contributed by atoms with van der Waals surface area (Å²) in [7, 11) is 0. The second kappa shape index (κ2) is 8.46. The van der Waals surface area contributed by atoms with Crippen LogP contribution in [-0.4, -0.2) is 22.4 Å². The summed E-state index contributed by atoms with van der Waals surface area (Å²) in [6, 6.07) is 12.7. The van der Waals surface area contributed by atoms with Gasteiger partial charge in [-0.2, -0.15) is 0 Å². The Morgan fingerprint density at radius 2 is 1.86 bits per heavy atom. The summed E-state index contributed by atoms with van der Waals surface area (Å²) >= 11 is 1.44. The molecule has 1 aromatic carbocycles. The Morgan fingerprint density at radius 1 is 1.10 bits per heavy atom. The van der Waals surface area contributed by atoms with Gasteiger partial charge in [0.15, 0.2) is 0 Å². The van der Waals surface area contributed by atoms with Crippen molar-refractivity contribution in [2.45, 2.75) is 51.4 Å². The lowest BCUT2D eigenvalue weighted by molar-refractivity contribution is 0.0940. The van der Waals surface area contributed by atoms with Crippen molar-refractivity contribution in [3.05, 3.63) is 70.5 Å². The molecule has 0 spiro atoms. The van der Waals surface area contributed by atoms with Crippen molar-refractivity contribution in [2.24, 2.45) is 0 Å². The Morgan fingerprint density at radius 3 is 2.55 bits per heavy atom. The van der Waals surface area contributed by atoms with E-state index in [1.54, 1.807) is 12.4 Å². The number of aryl methyl sites for hydroxylation is 2. The van der Waals surface area contributed by atoms with E-state index in [0.29, 0.717) is 11.4 Å². The second-order valence-corrected chi connectivity index (χ2v) is 9.06. The third-order valence-electron chi connectivity index (χ3n) is 5.97. The molecule has 5 heteroatoms. The number of hydrogen-bond donors (Lipinski definition) is 1. The maximum Gasteiger partial charge on any atom is 0.263 e. The van der Waals surface area contributed by atoms with Gasteiger partial charge in [0.1, 0.15) is 9.88 Å². The SMILES string of the molecule is Cc1ccc(C2(CNC(=O)c3sc(-c4cccnc4)nc3C)CCCCC2)cc1. The van der Waals surface area contributed by atoms with Crippen molar-refractivity contribution in [2.75, 3.05) is 6.54 Å². The normalized spacial score (nSPS) is 15.8. The molecule has 2 heterocycles. The third kappa shape index (κ3) is 4.25. The Hall–Kier alpha value is -2.53. The molecule has 4 nitrogen and oxygen atoms in total. The fraction of sp³-hybridized carbons (Fsp3) is 0.375. The fourth-order valence-electron chi connectivity index (χ4n) is 4.25. The second-order valence-electron chi connectivity index (χ2n) is 8.06. The monoisotopic (exact) mass is 405 g/mol. The summed E-state index contributed by atoms with van der Waals surface area (Å²) < 4.78 is 0. The van der Waals surface area contributed by atoms with Crippen molar-refractivity contribution < 1.29 is 4.79 Å². The van der Waals surface area contributed by atoms with Crippen molar-refractivity contribution in [1.29, 1.82) is 0 Å². The molecule has 2 aromatic heterocycles. The van der Waals surface area contributed by atoms with Gasteiger partial charge in [-0.15, -0.1) is 11.3 Å². The molecule has 0 aliphatic heterocycles. The third-order valence-corrected chi connectivity index (χ3v) is 7.18. The molecule has 1 aliphatic carbocycles. The van der Waals surface area contributed by atoms with Gasteiger partial charge in [-0.05, 0) is 44.4 Å². The summed E-state index contributed by atoms with van der Waals surface area (Å²) in [4.78, 5) is 22.5. The number of hydrogen-bond acceptors (Lipinski definition) is 4. The summed E-state index contributed by atoms with van der Waals surface area (Å²) in [5.74, 6) is -0.0211. The van der Waals surface area contributed by atoms with E-state index in [1.807, 2.05) is 19.1 Å². The van der Waals surface area contributed by atoms with E-state index in [2.05, 4.69) is 46.5 Å². The minimum Gasteiger partial charge on any atom is -0.350 e. The molecule has 29 heavy (non-hydrogen) atoms. The number of aromatic nitrogens is 2. The highest BCUT2D eigenvalue weighted by Gasteiger charge is 2.34. The van der Waals surface area contributed by atoms with Gasteiger partial charge in [-0.3, -0.25) is 9.78 Å². The largest absolute Gasteiger partial charge is 0.350 e. The van der Waals surface area contributed by atoms with Gasteiger partial charge in [0.2, 0.25) is 0 Å². The Labute approximate surface area is 176 Å². The minimum atomic E-state index is -0.0211. The summed E-state index contributed by atoms with van der Waals surface area (Å²) in [5, 5.41) is 4.08. The molecular formula is C24H27N3OS. The first kappa shape index (κ1) is 19.8. The maximum absolute atomic E-state index is 13.0. The molecule has 0 unspecified atom stereocenters. The number of rotatable bonds is 5. The van der Waals surface area contributed by atoms with Crippen molar-refractivity contribution in [3.8, 4) is 10.6 Å². The van der Waals surface area contributed by atoms with Gasteiger partial charge in [0.25, 0.3) is 5.91 Å². The molecule has 0 saturated heterocycles. The molecule has 1 amide bonds. The average Bonchev–Trinajstić information content (AvgIpc) is 3.15. The van der Waals surface area contributed by atoms with E-state index < -0.39 is 0 Å². The van der Waals surface area contributed by atoms with Crippen LogP contribution in [0.2, 0.25) is 0 Å². The Kier molecular flexibility index (Phi) is 5.76. The van der Waals surface area contributed by atoms with Crippen LogP contribution in [0, 0.1) is 13.8 Å². The topological polar surface area (TPSA) is 54.9 Å². The van der Waals surface area contributed by atoms with Crippen molar-refractivity contribution in [1.82, 2.24) is 15.3 Å². The minimum absolute atomic E-state index is 0.0211. The molecular weight excluding hydrogens is 378 g/mol. The molecule has 0 radical (unpaired) electrons. The summed E-state index contributed by atoms with van der Waals surface area (Å²) in [6.07, 6.45) is 9.49. The molecule has 150 valence electrons. The van der Waals surface area contributed by atoms with Crippen LogP contribution in [0.1, 0.15) is 58.6 Å². The van der Waals surface area contributed by atoms with E-state index >= 15 is 0 Å². The van der Waals surface area contributed by atoms with E-state index in [1.165, 1.54) is 41.7 Å². The van der Waals surface area contributed by atoms with E-state index in [9.17, 15) is 4.79 Å². The summed E-state index contributed by atoms with van der Waals surface area (Å²) in [5.41, 5.74) is 4.38. The molecule has 3 aromatic rings. The number of carbonyl (C=O) groups excluding carboxylic acids is 1. The zero-order valence-electron chi connectivity index (χ0n) is 17.1. The van der Waals surface area contributed by atoms with Crippen molar-refractivity contribution in [3.63, 3.8) is 0 Å². The highest BCUT2D eigenvalue weighted by Crippen LogP contribution is 2.39. The fourth-order valence-corrected chi connectivity index (χ4v) is 5.23. The average molecular weight is 406 g/mol. The lowest BCUT2D eigenvalue weighted by atomic mass is 9.69. The van der Waals surface area contributed by atoms with Gasteiger partial charge in [-0.25, -0.2) is 4.98 Å². The smallest absolute Gasteiger partial charge is 0.263 e. The predicted octanol–water partition coefficient (Wildman–Crippen LogP) is 5.45. The van der Waals surface area contributed by atoms with Crippen LogP contribution in [0.4, 0.5) is 0 Å². The quantitative estimate of drug-likeness (QED) is 0.614. The standard InChI is InChI=1S/C24H27N3OS/c1-17-8-10-20(11-9-17)24(12-4-3-5-13-24)16-26-22(28)21-18(2)27-23(29-21)19-7-6-14-25-15-19/h6-11,14-15H,3-5,12-13,16H2,1-2H3,(H,26,28). The Bertz CT molecular complexity index is 973. The molecule has 4 rings (SSSR count). The van der Waals surface area contributed by atoms with Gasteiger partial charge in [0.05, 0.1) is 5.69 Å². The van der Waals surface area contributed by atoms with Gasteiger partial charge < -0.3 is 5.32 Å². The van der Waals surface area contributed by atoms with Crippen LogP contribution in [0.15, 0.2) is 48.8 Å². The van der Waals surface area contributed by atoms with Crippen LogP contribution >= 0.6 is 11.3 Å². The number of amides is 1. The summed E-state index contributed by atoms with van der Waals surface area (Å²) in [6.45, 7) is 4.70. The highest BCUT2D eigenvalue weighted by atomic mass is 32.1. The molecule has 0 bridgehead atoms. The van der Waals surface area contributed by atoms with E-state index in [4.69, 9.17) is 0 Å². The van der Waals surface area contributed by atoms with Gasteiger partial charge in [0, 0.05) is 29.9 Å². The molecule has 1 aliphatic rings. The number of pyridine rings is 1. The van der Waals surface area contributed by atoms with E-state index in [0.717, 1.165) is 29.1 Å². The highest BCUT2D eigenvalue weighted by molar-refractivity contribution is 7.17. The maximum atomic E-state index is 13.0.